The van der Waals surface area contributed by atoms with E-state index in [4.69, 9.17) is 10.2 Å². The number of benzene rings is 1. The number of nitro benzene ring substituents is 1. The van der Waals surface area contributed by atoms with Crippen LogP contribution in [0.4, 0.5) is 10.1 Å². The fourth-order valence-electron chi connectivity index (χ4n) is 1.24. The van der Waals surface area contributed by atoms with Gasteiger partial charge in [-0.2, -0.15) is 4.39 Å². The number of hydrogen-bond donors (Lipinski definition) is 3. The van der Waals surface area contributed by atoms with E-state index in [1.165, 1.54) is 0 Å². The standard InChI is InChI=1S/C9H11FN2O6S/c10-7-2-1-3-8(9(7)12(15)16)19(17,18)11-4-6(14)5-13/h1-3,6,11,13-14H,4-5H2. The molecule has 1 unspecified atom stereocenters. The predicted molar refractivity (Wildman–Crippen MR) is 61.3 cm³/mol. The van der Waals surface area contributed by atoms with Gasteiger partial charge in [0.2, 0.25) is 15.8 Å². The molecular formula is C9H11FN2O6S. The van der Waals surface area contributed by atoms with E-state index in [2.05, 4.69) is 0 Å². The van der Waals surface area contributed by atoms with E-state index in [1.54, 1.807) is 0 Å². The number of hydrogen-bond acceptors (Lipinski definition) is 6. The van der Waals surface area contributed by atoms with E-state index in [-0.39, 0.29) is 0 Å². The van der Waals surface area contributed by atoms with Gasteiger partial charge in [0.25, 0.3) is 0 Å². The molecule has 0 spiro atoms. The van der Waals surface area contributed by atoms with Gasteiger partial charge in [-0.25, -0.2) is 13.1 Å². The molecule has 0 fully saturated rings. The number of rotatable bonds is 6. The van der Waals surface area contributed by atoms with Crippen LogP contribution in [0, 0.1) is 15.9 Å². The summed E-state index contributed by atoms with van der Waals surface area (Å²) in [6, 6.07) is 2.65. The third-order valence-electron chi connectivity index (χ3n) is 2.14. The van der Waals surface area contributed by atoms with Crippen LogP contribution in [0.1, 0.15) is 0 Å². The van der Waals surface area contributed by atoms with Crippen LogP contribution in [-0.2, 0) is 10.0 Å². The lowest BCUT2D eigenvalue weighted by Crippen LogP contribution is -2.34. The molecular weight excluding hydrogens is 283 g/mol. The van der Waals surface area contributed by atoms with Crippen LogP contribution < -0.4 is 4.72 Å². The lowest BCUT2D eigenvalue weighted by molar-refractivity contribution is -0.390. The summed E-state index contributed by atoms with van der Waals surface area (Å²) < 4.78 is 38.6. The van der Waals surface area contributed by atoms with Crippen LogP contribution >= 0.6 is 0 Å². The molecule has 3 N–H and O–H groups in total. The normalized spacial score (nSPS) is 13.2. The molecule has 0 bridgehead atoms. The number of halogens is 1. The predicted octanol–water partition coefficient (Wildman–Crippen LogP) is -0.635. The molecule has 19 heavy (non-hydrogen) atoms. The maximum absolute atomic E-state index is 13.3. The van der Waals surface area contributed by atoms with Crippen molar-refractivity contribution >= 4 is 15.7 Å². The topological polar surface area (TPSA) is 130 Å². The molecule has 1 atom stereocenters. The van der Waals surface area contributed by atoms with E-state index in [0.717, 1.165) is 18.2 Å². The Kier molecular flexibility index (Phi) is 4.89. The SMILES string of the molecule is O=[N+]([O-])c1c(F)cccc1S(=O)(=O)NCC(O)CO. The van der Waals surface area contributed by atoms with Crippen molar-refractivity contribution in [1.29, 1.82) is 0 Å². The first kappa shape index (κ1) is 15.4. The highest BCUT2D eigenvalue weighted by atomic mass is 32.2. The minimum atomic E-state index is -4.37. The van der Waals surface area contributed by atoms with Crippen LogP contribution in [0.5, 0.6) is 0 Å². The number of nitrogens with one attached hydrogen (secondary N) is 1. The van der Waals surface area contributed by atoms with Crippen molar-refractivity contribution < 1.29 is 27.9 Å². The first-order valence-corrected chi connectivity index (χ1v) is 6.49. The summed E-state index contributed by atoms with van der Waals surface area (Å²) in [5.74, 6) is -1.28. The lowest BCUT2D eigenvalue weighted by Gasteiger charge is -2.10. The second-order valence-corrected chi connectivity index (χ2v) is 5.27. The molecule has 1 aromatic rings. The zero-order valence-corrected chi connectivity index (χ0v) is 10.3. The molecule has 10 heteroatoms. The van der Waals surface area contributed by atoms with E-state index in [1.807, 2.05) is 4.72 Å². The van der Waals surface area contributed by atoms with E-state index >= 15 is 0 Å². The van der Waals surface area contributed by atoms with E-state index < -0.39 is 50.6 Å². The number of aliphatic hydroxyl groups excluding tert-OH is 2. The van der Waals surface area contributed by atoms with Gasteiger partial charge < -0.3 is 10.2 Å². The first-order chi connectivity index (χ1) is 8.79. The highest BCUT2D eigenvalue weighted by Gasteiger charge is 2.29. The highest BCUT2D eigenvalue weighted by molar-refractivity contribution is 7.89. The second kappa shape index (κ2) is 6.02. The van der Waals surface area contributed by atoms with Gasteiger partial charge in [0.15, 0.2) is 4.90 Å². The number of aliphatic hydroxyl groups is 2. The smallest absolute Gasteiger partial charge is 0.324 e. The average Bonchev–Trinajstić information content (AvgIpc) is 2.35. The minimum absolute atomic E-state index is 0.549. The van der Waals surface area contributed by atoms with Crippen LogP contribution in [-0.4, -0.2) is 42.8 Å². The molecule has 0 saturated carbocycles. The molecule has 0 aliphatic carbocycles. The van der Waals surface area contributed by atoms with Crippen molar-refractivity contribution in [3.63, 3.8) is 0 Å². The van der Waals surface area contributed by atoms with Crippen molar-refractivity contribution in [2.75, 3.05) is 13.2 Å². The second-order valence-electron chi connectivity index (χ2n) is 3.53. The fourth-order valence-corrected chi connectivity index (χ4v) is 2.49. The molecule has 0 aromatic heterocycles. The van der Waals surface area contributed by atoms with Gasteiger partial charge in [0.1, 0.15) is 0 Å². The van der Waals surface area contributed by atoms with Crippen LogP contribution in [0.2, 0.25) is 0 Å². The quantitative estimate of drug-likeness (QED) is 0.473. The Morgan fingerprint density at radius 2 is 2.11 bits per heavy atom. The van der Waals surface area contributed by atoms with Crippen molar-refractivity contribution in [1.82, 2.24) is 4.72 Å². The Balaban J connectivity index is 3.15. The highest BCUT2D eigenvalue weighted by Crippen LogP contribution is 2.26. The van der Waals surface area contributed by atoms with Crippen molar-refractivity contribution in [3.05, 3.63) is 34.1 Å². The Bertz CT molecular complexity index is 576. The number of nitro groups is 1. The minimum Gasteiger partial charge on any atom is -0.394 e. The van der Waals surface area contributed by atoms with E-state index in [0.29, 0.717) is 0 Å². The molecule has 0 heterocycles. The van der Waals surface area contributed by atoms with Gasteiger partial charge in [-0.15, -0.1) is 0 Å². The molecule has 0 amide bonds. The number of para-hydroxylation sites is 1. The van der Waals surface area contributed by atoms with Crippen LogP contribution in [0.3, 0.4) is 0 Å². The van der Waals surface area contributed by atoms with Crippen LogP contribution in [0.25, 0.3) is 0 Å². The Morgan fingerprint density at radius 3 is 2.63 bits per heavy atom. The zero-order valence-electron chi connectivity index (χ0n) is 9.48. The first-order valence-electron chi connectivity index (χ1n) is 5.01. The Morgan fingerprint density at radius 1 is 1.47 bits per heavy atom. The molecule has 8 nitrogen and oxygen atoms in total. The summed E-state index contributed by atoms with van der Waals surface area (Å²) in [6.45, 7) is -1.24. The molecule has 0 aliphatic heterocycles. The maximum Gasteiger partial charge on any atom is 0.324 e. The van der Waals surface area contributed by atoms with Crippen molar-refractivity contribution in [2.24, 2.45) is 0 Å². The summed E-state index contributed by atoms with van der Waals surface area (Å²) >= 11 is 0. The molecule has 0 radical (unpaired) electrons. The average molecular weight is 294 g/mol. The summed E-state index contributed by atoms with van der Waals surface area (Å²) in [5, 5.41) is 28.2. The fraction of sp³-hybridized carbons (Fsp3) is 0.333. The monoisotopic (exact) mass is 294 g/mol. The maximum atomic E-state index is 13.3. The third kappa shape index (κ3) is 3.67. The lowest BCUT2D eigenvalue weighted by atomic mass is 10.3. The van der Waals surface area contributed by atoms with Crippen molar-refractivity contribution in [2.45, 2.75) is 11.0 Å². The van der Waals surface area contributed by atoms with Gasteiger partial charge >= 0.3 is 5.69 Å². The van der Waals surface area contributed by atoms with E-state index in [9.17, 15) is 22.9 Å². The Hall–Kier alpha value is -1.62. The van der Waals surface area contributed by atoms with Gasteiger partial charge in [-0.05, 0) is 12.1 Å². The largest absolute Gasteiger partial charge is 0.394 e. The van der Waals surface area contributed by atoms with Gasteiger partial charge in [0.05, 0.1) is 17.6 Å². The molecule has 0 aliphatic rings. The summed E-state index contributed by atoms with van der Waals surface area (Å²) in [7, 11) is -4.37. The number of nitrogens with zero attached hydrogens (tertiary/aromatic N) is 1. The number of sulfonamides is 1. The summed E-state index contributed by atoms with van der Waals surface area (Å²) in [5.41, 5.74) is -1.17. The zero-order chi connectivity index (χ0) is 14.6. The molecule has 1 aromatic carbocycles. The van der Waals surface area contributed by atoms with Gasteiger partial charge in [0, 0.05) is 6.54 Å². The van der Waals surface area contributed by atoms with Crippen LogP contribution in [0.15, 0.2) is 23.1 Å². The molecule has 1 rings (SSSR count). The van der Waals surface area contributed by atoms with Crippen molar-refractivity contribution in [3.8, 4) is 0 Å². The third-order valence-corrected chi connectivity index (χ3v) is 3.60. The van der Waals surface area contributed by atoms with Gasteiger partial charge in [-0.1, -0.05) is 6.07 Å². The Labute approximate surface area is 107 Å². The summed E-state index contributed by atoms with van der Waals surface area (Å²) in [6.07, 6.45) is -1.36. The molecule has 0 saturated heterocycles. The summed E-state index contributed by atoms with van der Waals surface area (Å²) in [4.78, 5) is 8.68. The van der Waals surface area contributed by atoms with Gasteiger partial charge in [-0.3, -0.25) is 10.1 Å². The molecule has 106 valence electrons.